The molecule has 27 heavy (non-hydrogen) atoms. The van der Waals surface area contributed by atoms with E-state index in [2.05, 4.69) is 4.98 Å². The van der Waals surface area contributed by atoms with Gasteiger partial charge in [-0.2, -0.15) is 0 Å². The van der Waals surface area contributed by atoms with E-state index in [0.29, 0.717) is 11.1 Å². The number of hydrogen-bond donors (Lipinski definition) is 0. The minimum absolute atomic E-state index is 0.0849. The minimum Gasteiger partial charge on any atom is -0.418 e. The van der Waals surface area contributed by atoms with Crippen molar-refractivity contribution in [2.45, 2.75) is 0 Å². The Balaban J connectivity index is 1.86. The zero-order chi connectivity index (χ0) is 18.8. The number of allylic oxidation sites excluding steroid dienone is 2. The predicted octanol–water partition coefficient (Wildman–Crippen LogP) is 3.73. The van der Waals surface area contributed by atoms with E-state index >= 15 is 0 Å². The molecule has 4 rings (SSSR count). The number of benzene rings is 2. The summed E-state index contributed by atoms with van der Waals surface area (Å²) in [7, 11) is 0. The largest absolute Gasteiger partial charge is 0.418 e. The summed E-state index contributed by atoms with van der Waals surface area (Å²) in [5.41, 5.74) is 1.36. The maximum Gasteiger partial charge on any atom is 0.343 e. The summed E-state index contributed by atoms with van der Waals surface area (Å²) < 4.78 is 5.43. The molecule has 5 nitrogen and oxygen atoms in total. The molecule has 1 aliphatic carbocycles. The Bertz CT molecular complexity index is 1090. The summed E-state index contributed by atoms with van der Waals surface area (Å²) in [5, 5.41) is 0. The number of Topliss-reactive ketones (excluding diaryl/α,β-unsaturated/α-hetero) is 2. The van der Waals surface area contributed by atoms with Gasteiger partial charge in [0, 0.05) is 23.5 Å². The molecule has 0 spiro atoms. The second-order valence-corrected chi connectivity index (χ2v) is 5.90. The van der Waals surface area contributed by atoms with Crippen LogP contribution in [0, 0.1) is 0 Å². The highest BCUT2D eigenvalue weighted by Gasteiger charge is 2.35. The van der Waals surface area contributed by atoms with E-state index in [1.54, 1.807) is 54.6 Å². The first-order chi connectivity index (χ1) is 13.2. The average molecular weight is 355 g/mol. The van der Waals surface area contributed by atoms with Crippen molar-refractivity contribution in [3.63, 3.8) is 0 Å². The lowest BCUT2D eigenvalue weighted by molar-refractivity contribution is 0.0588. The van der Waals surface area contributed by atoms with Gasteiger partial charge in [-0.05, 0) is 17.7 Å². The predicted molar refractivity (Wildman–Crippen MR) is 98.1 cm³/mol. The van der Waals surface area contributed by atoms with Gasteiger partial charge >= 0.3 is 5.97 Å². The van der Waals surface area contributed by atoms with E-state index in [1.165, 1.54) is 24.5 Å². The highest BCUT2D eigenvalue weighted by molar-refractivity contribution is 6.40. The molecule has 0 aliphatic heterocycles. The van der Waals surface area contributed by atoms with Gasteiger partial charge in [0.2, 0.25) is 5.78 Å². The van der Waals surface area contributed by atoms with Crippen molar-refractivity contribution in [1.29, 1.82) is 0 Å². The number of rotatable bonds is 3. The summed E-state index contributed by atoms with van der Waals surface area (Å²) >= 11 is 0. The van der Waals surface area contributed by atoms with Gasteiger partial charge in [-0.3, -0.25) is 14.6 Å². The van der Waals surface area contributed by atoms with E-state index in [4.69, 9.17) is 4.74 Å². The van der Waals surface area contributed by atoms with E-state index < -0.39 is 11.8 Å². The highest BCUT2D eigenvalue weighted by atomic mass is 16.5. The van der Waals surface area contributed by atoms with Crippen LogP contribution in [0.1, 0.15) is 36.6 Å². The highest BCUT2D eigenvalue weighted by Crippen LogP contribution is 2.33. The molecule has 0 fully saturated rings. The summed E-state index contributed by atoms with van der Waals surface area (Å²) in [4.78, 5) is 42.5. The summed E-state index contributed by atoms with van der Waals surface area (Å²) in [6, 6.07) is 18.2. The number of nitrogens with zero attached hydrogens (tertiary/aromatic N) is 1. The van der Waals surface area contributed by atoms with Crippen molar-refractivity contribution in [3.05, 3.63) is 107 Å². The molecule has 0 saturated heterocycles. The first-order valence-electron chi connectivity index (χ1n) is 8.27. The normalized spacial score (nSPS) is 13.3. The van der Waals surface area contributed by atoms with Crippen LogP contribution in [-0.4, -0.2) is 22.5 Å². The van der Waals surface area contributed by atoms with Gasteiger partial charge in [0.05, 0.1) is 11.1 Å². The summed E-state index contributed by atoms with van der Waals surface area (Å²) in [5.74, 6) is -1.83. The number of esters is 1. The van der Waals surface area contributed by atoms with Crippen LogP contribution >= 0.6 is 0 Å². The first kappa shape index (κ1) is 16.6. The van der Waals surface area contributed by atoms with Crippen molar-refractivity contribution < 1.29 is 19.1 Å². The summed E-state index contributed by atoms with van der Waals surface area (Å²) in [6.07, 6.45) is 2.90. The molecule has 0 unspecified atom stereocenters. The zero-order valence-corrected chi connectivity index (χ0v) is 14.1. The molecule has 0 atom stereocenters. The van der Waals surface area contributed by atoms with Gasteiger partial charge in [0.25, 0.3) is 0 Å². The van der Waals surface area contributed by atoms with Crippen LogP contribution in [0.2, 0.25) is 0 Å². The summed E-state index contributed by atoms with van der Waals surface area (Å²) in [6.45, 7) is 0. The van der Waals surface area contributed by atoms with Crippen LogP contribution in [0.25, 0.3) is 5.57 Å². The molecule has 0 bridgehead atoms. The number of ketones is 2. The van der Waals surface area contributed by atoms with Crippen LogP contribution in [0.4, 0.5) is 0 Å². The van der Waals surface area contributed by atoms with Crippen LogP contribution in [0.15, 0.2) is 84.9 Å². The second-order valence-electron chi connectivity index (χ2n) is 5.90. The molecular weight excluding hydrogens is 342 g/mol. The molecule has 0 saturated carbocycles. The van der Waals surface area contributed by atoms with Crippen molar-refractivity contribution >= 4 is 23.1 Å². The van der Waals surface area contributed by atoms with Gasteiger partial charge in [0.15, 0.2) is 11.5 Å². The fourth-order valence-corrected chi connectivity index (χ4v) is 2.96. The standard InChI is InChI=1S/C22H13NO4/c24-19-16-8-4-5-9-17(16)20(25)21(18(19)14-6-2-1-3-7-14)27-22(26)15-10-12-23-13-11-15/h1-13H. The van der Waals surface area contributed by atoms with E-state index in [1.807, 2.05) is 0 Å². The average Bonchev–Trinajstić information content (AvgIpc) is 2.73. The van der Waals surface area contributed by atoms with E-state index in [0.717, 1.165) is 0 Å². The SMILES string of the molecule is O=C(OC1=C(c2ccccc2)C(=O)c2ccccc2C1=O)c1ccncc1. The van der Waals surface area contributed by atoms with E-state index in [9.17, 15) is 14.4 Å². The lowest BCUT2D eigenvalue weighted by Gasteiger charge is -2.20. The van der Waals surface area contributed by atoms with Crippen LogP contribution in [-0.2, 0) is 4.74 Å². The Morgan fingerprint density at radius 3 is 2.00 bits per heavy atom. The third-order valence-corrected chi connectivity index (χ3v) is 4.25. The Labute approximate surface area is 154 Å². The molecule has 1 heterocycles. The van der Waals surface area contributed by atoms with Crippen molar-refractivity contribution in [1.82, 2.24) is 4.98 Å². The molecular formula is C22H13NO4. The number of hydrogen-bond acceptors (Lipinski definition) is 5. The third-order valence-electron chi connectivity index (χ3n) is 4.25. The van der Waals surface area contributed by atoms with Crippen molar-refractivity contribution in [2.24, 2.45) is 0 Å². The molecule has 1 aliphatic rings. The third kappa shape index (κ3) is 2.95. The van der Waals surface area contributed by atoms with Gasteiger partial charge in [-0.25, -0.2) is 4.79 Å². The number of carbonyl (C=O) groups excluding carboxylic acids is 3. The number of fused-ring (bicyclic) bond motifs is 1. The molecule has 5 heteroatoms. The lowest BCUT2D eigenvalue weighted by atomic mass is 9.85. The lowest BCUT2D eigenvalue weighted by Crippen LogP contribution is -2.24. The quantitative estimate of drug-likeness (QED) is 0.669. The van der Waals surface area contributed by atoms with Gasteiger partial charge in [-0.15, -0.1) is 0 Å². The minimum atomic E-state index is -0.721. The Morgan fingerprint density at radius 1 is 0.741 bits per heavy atom. The van der Waals surface area contributed by atoms with Gasteiger partial charge < -0.3 is 4.74 Å². The van der Waals surface area contributed by atoms with E-state index in [-0.39, 0.29) is 28.2 Å². The smallest absolute Gasteiger partial charge is 0.343 e. The van der Waals surface area contributed by atoms with Crippen molar-refractivity contribution in [2.75, 3.05) is 0 Å². The topological polar surface area (TPSA) is 73.3 Å². The molecule has 0 amide bonds. The number of pyridine rings is 1. The fourth-order valence-electron chi connectivity index (χ4n) is 2.96. The second kappa shape index (κ2) is 6.80. The molecule has 3 aromatic rings. The Morgan fingerprint density at radius 2 is 1.33 bits per heavy atom. The monoisotopic (exact) mass is 355 g/mol. The molecule has 2 aromatic carbocycles. The number of ether oxygens (including phenoxy) is 1. The first-order valence-corrected chi connectivity index (χ1v) is 8.27. The van der Waals surface area contributed by atoms with Crippen LogP contribution < -0.4 is 0 Å². The van der Waals surface area contributed by atoms with Crippen LogP contribution in [0.5, 0.6) is 0 Å². The van der Waals surface area contributed by atoms with Gasteiger partial charge in [-0.1, -0.05) is 54.6 Å². The van der Waals surface area contributed by atoms with Crippen LogP contribution in [0.3, 0.4) is 0 Å². The Kier molecular flexibility index (Phi) is 4.18. The number of aromatic nitrogens is 1. The fraction of sp³-hybridized carbons (Fsp3) is 0. The molecule has 0 N–H and O–H groups in total. The zero-order valence-electron chi connectivity index (χ0n) is 14.1. The maximum absolute atomic E-state index is 13.1. The number of carbonyl (C=O) groups is 3. The Hall–Kier alpha value is -3.86. The maximum atomic E-state index is 13.1. The molecule has 0 radical (unpaired) electrons. The molecule has 1 aromatic heterocycles. The van der Waals surface area contributed by atoms with Gasteiger partial charge in [0.1, 0.15) is 0 Å². The molecule has 130 valence electrons. The van der Waals surface area contributed by atoms with Crippen molar-refractivity contribution in [3.8, 4) is 0 Å².